The van der Waals surface area contributed by atoms with Gasteiger partial charge in [-0.25, -0.2) is 4.79 Å². The standard InChI is InChI=1S/C14H21F3N2O4/c1-23-13(22)19-6-4-9(12(20)21)7-10(19)8-18-5-2-3-11(18)14(15,16)17/h9-11H,2-8H2,1H3,(H,20,21)/t9-,10+,11-/m1/s1. The number of halogens is 3. The maximum Gasteiger partial charge on any atom is 0.409 e. The van der Waals surface area contributed by atoms with E-state index < -0.39 is 36.2 Å². The van der Waals surface area contributed by atoms with Crippen molar-refractivity contribution in [1.29, 1.82) is 0 Å². The van der Waals surface area contributed by atoms with Crippen LogP contribution in [0, 0.1) is 5.92 Å². The number of alkyl halides is 3. The minimum absolute atomic E-state index is 0.0169. The molecule has 1 N–H and O–H groups in total. The third-order valence-corrected chi connectivity index (χ3v) is 4.66. The van der Waals surface area contributed by atoms with Crippen LogP contribution in [-0.4, -0.2) is 72.0 Å². The predicted octanol–water partition coefficient (Wildman–Crippen LogP) is 1.94. The van der Waals surface area contributed by atoms with Crippen LogP contribution in [-0.2, 0) is 9.53 Å². The van der Waals surface area contributed by atoms with Gasteiger partial charge in [0.15, 0.2) is 0 Å². The molecule has 3 atom stereocenters. The van der Waals surface area contributed by atoms with Gasteiger partial charge in [-0.2, -0.15) is 13.2 Å². The maximum atomic E-state index is 13.1. The van der Waals surface area contributed by atoms with Crippen molar-refractivity contribution < 1.29 is 32.6 Å². The zero-order valence-corrected chi connectivity index (χ0v) is 12.9. The number of piperidine rings is 1. The number of amides is 1. The Morgan fingerprint density at radius 3 is 2.52 bits per heavy atom. The fourth-order valence-corrected chi connectivity index (χ4v) is 3.49. The second kappa shape index (κ2) is 6.94. The maximum absolute atomic E-state index is 13.1. The topological polar surface area (TPSA) is 70.1 Å². The number of nitrogens with zero attached hydrogens (tertiary/aromatic N) is 2. The molecule has 2 fully saturated rings. The highest BCUT2D eigenvalue weighted by atomic mass is 19.4. The molecular formula is C14H21F3N2O4. The summed E-state index contributed by atoms with van der Waals surface area (Å²) in [5, 5.41) is 9.15. The Labute approximate surface area is 132 Å². The molecule has 0 aliphatic carbocycles. The molecule has 132 valence electrons. The summed E-state index contributed by atoms with van der Waals surface area (Å²) < 4.78 is 43.8. The first-order chi connectivity index (χ1) is 10.7. The van der Waals surface area contributed by atoms with Crippen LogP contribution >= 0.6 is 0 Å². The number of aliphatic carboxylic acids is 1. The Morgan fingerprint density at radius 2 is 1.96 bits per heavy atom. The van der Waals surface area contributed by atoms with Crippen LogP contribution in [0.2, 0.25) is 0 Å². The summed E-state index contributed by atoms with van der Waals surface area (Å²) in [6.45, 7) is 0.495. The Hall–Kier alpha value is -1.51. The monoisotopic (exact) mass is 338 g/mol. The highest BCUT2D eigenvalue weighted by molar-refractivity contribution is 5.72. The molecule has 0 spiro atoms. The van der Waals surface area contributed by atoms with Gasteiger partial charge in [-0.1, -0.05) is 0 Å². The van der Waals surface area contributed by atoms with Crippen LogP contribution < -0.4 is 0 Å². The van der Waals surface area contributed by atoms with Gasteiger partial charge < -0.3 is 14.7 Å². The van der Waals surface area contributed by atoms with E-state index in [1.807, 2.05) is 0 Å². The van der Waals surface area contributed by atoms with Crippen LogP contribution in [0.25, 0.3) is 0 Å². The molecule has 2 aliphatic rings. The number of methoxy groups -OCH3 is 1. The number of carbonyl (C=O) groups is 2. The number of likely N-dealkylation sites (tertiary alicyclic amines) is 2. The van der Waals surface area contributed by atoms with Gasteiger partial charge in [0, 0.05) is 19.1 Å². The van der Waals surface area contributed by atoms with Crippen LogP contribution in [0.3, 0.4) is 0 Å². The third kappa shape index (κ3) is 4.07. The zero-order valence-electron chi connectivity index (χ0n) is 12.9. The van der Waals surface area contributed by atoms with Gasteiger partial charge in [-0.3, -0.25) is 9.69 Å². The van der Waals surface area contributed by atoms with E-state index in [1.54, 1.807) is 0 Å². The summed E-state index contributed by atoms with van der Waals surface area (Å²) in [7, 11) is 1.21. The van der Waals surface area contributed by atoms with Crippen LogP contribution in [0.4, 0.5) is 18.0 Å². The Balaban J connectivity index is 2.11. The van der Waals surface area contributed by atoms with Crippen molar-refractivity contribution in [2.45, 2.75) is 43.9 Å². The molecule has 9 heteroatoms. The normalized spacial score (nSPS) is 29.6. The minimum Gasteiger partial charge on any atom is -0.481 e. The van der Waals surface area contributed by atoms with Gasteiger partial charge in [0.2, 0.25) is 0 Å². The smallest absolute Gasteiger partial charge is 0.409 e. The van der Waals surface area contributed by atoms with Crippen molar-refractivity contribution in [2.24, 2.45) is 5.92 Å². The van der Waals surface area contributed by atoms with Gasteiger partial charge in [0.05, 0.1) is 13.0 Å². The number of carbonyl (C=O) groups excluding carboxylic acids is 1. The average molecular weight is 338 g/mol. The fourth-order valence-electron chi connectivity index (χ4n) is 3.49. The quantitative estimate of drug-likeness (QED) is 0.852. The van der Waals surface area contributed by atoms with E-state index in [1.165, 1.54) is 16.9 Å². The summed E-state index contributed by atoms with van der Waals surface area (Å²) in [6, 6.07) is -2.10. The summed E-state index contributed by atoms with van der Waals surface area (Å²) in [5.74, 6) is -1.62. The number of rotatable bonds is 3. The summed E-state index contributed by atoms with van der Waals surface area (Å²) >= 11 is 0. The molecule has 6 nitrogen and oxygen atoms in total. The molecular weight excluding hydrogens is 317 g/mol. The van der Waals surface area contributed by atoms with Crippen molar-refractivity contribution >= 4 is 12.1 Å². The molecule has 23 heavy (non-hydrogen) atoms. The first-order valence-electron chi connectivity index (χ1n) is 7.62. The van der Waals surface area contributed by atoms with Crippen molar-refractivity contribution in [1.82, 2.24) is 9.80 Å². The van der Waals surface area contributed by atoms with E-state index in [-0.39, 0.29) is 32.4 Å². The number of hydrogen-bond donors (Lipinski definition) is 1. The largest absolute Gasteiger partial charge is 0.481 e. The Morgan fingerprint density at radius 1 is 1.26 bits per heavy atom. The van der Waals surface area contributed by atoms with E-state index in [0.29, 0.717) is 13.0 Å². The fraction of sp³-hybridized carbons (Fsp3) is 0.857. The highest BCUT2D eigenvalue weighted by Crippen LogP contribution is 2.34. The number of hydrogen-bond acceptors (Lipinski definition) is 4. The molecule has 0 aromatic heterocycles. The molecule has 1 amide bonds. The van der Waals surface area contributed by atoms with Gasteiger partial charge in [0.1, 0.15) is 6.04 Å². The molecule has 2 rings (SSSR count). The molecule has 0 unspecified atom stereocenters. The lowest BCUT2D eigenvalue weighted by Gasteiger charge is -2.40. The summed E-state index contributed by atoms with van der Waals surface area (Å²) in [6.07, 6.45) is -4.03. The lowest BCUT2D eigenvalue weighted by Crippen LogP contribution is -2.54. The molecule has 0 bridgehead atoms. The first-order valence-corrected chi connectivity index (χ1v) is 7.62. The van der Waals surface area contributed by atoms with Crippen LogP contribution in [0.1, 0.15) is 25.7 Å². The van der Waals surface area contributed by atoms with Crippen molar-refractivity contribution in [2.75, 3.05) is 26.7 Å². The summed E-state index contributed by atoms with van der Waals surface area (Å²) in [4.78, 5) is 25.7. The molecule has 2 saturated heterocycles. The van der Waals surface area contributed by atoms with E-state index in [9.17, 15) is 22.8 Å². The SMILES string of the molecule is COC(=O)N1CC[C@@H](C(=O)O)C[C@H]1CN1CCC[C@@H]1C(F)(F)F. The van der Waals surface area contributed by atoms with Crippen LogP contribution in [0.5, 0.6) is 0 Å². The Kier molecular flexibility index (Phi) is 5.38. The zero-order chi connectivity index (χ0) is 17.2. The molecule has 0 aromatic rings. The highest BCUT2D eigenvalue weighted by Gasteiger charge is 2.47. The van der Waals surface area contributed by atoms with Crippen LogP contribution in [0.15, 0.2) is 0 Å². The van der Waals surface area contributed by atoms with E-state index in [0.717, 1.165) is 0 Å². The second-order valence-corrected chi connectivity index (χ2v) is 6.07. The molecule has 0 radical (unpaired) electrons. The number of ether oxygens (including phenoxy) is 1. The average Bonchev–Trinajstić information content (AvgIpc) is 2.94. The van der Waals surface area contributed by atoms with Crippen molar-refractivity contribution in [3.05, 3.63) is 0 Å². The van der Waals surface area contributed by atoms with E-state index in [2.05, 4.69) is 4.74 Å². The van der Waals surface area contributed by atoms with Gasteiger partial charge in [0.25, 0.3) is 0 Å². The Bertz CT molecular complexity index is 458. The van der Waals surface area contributed by atoms with E-state index >= 15 is 0 Å². The molecule has 2 aliphatic heterocycles. The minimum atomic E-state index is -4.31. The lowest BCUT2D eigenvalue weighted by atomic mass is 9.90. The van der Waals surface area contributed by atoms with Crippen molar-refractivity contribution in [3.8, 4) is 0 Å². The van der Waals surface area contributed by atoms with Crippen molar-refractivity contribution in [3.63, 3.8) is 0 Å². The molecule has 2 heterocycles. The van der Waals surface area contributed by atoms with E-state index in [4.69, 9.17) is 5.11 Å². The third-order valence-electron chi connectivity index (χ3n) is 4.66. The molecule has 0 saturated carbocycles. The first kappa shape index (κ1) is 17.8. The number of carboxylic acid groups (broad SMARTS) is 1. The second-order valence-electron chi connectivity index (χ2n) is 6.07. The van der Waals surface area contributed by atoms with Gasteiger partial charge in [-0.15, -0.1) is 0 Å². The number of carboxylic acids is 1. The lowest BCUT2D eigenvalue weighted by molar-refractivity contribution is -0.178. The molecule has 0 aromatic carbocycles. The summed E-state index contributed by atoms with van der Waals surface area (Å²) in [5.41, 5.74) is 0. The van der Waals surface area contributed by atoms with Gasteiger partial charge >= 0.3 is 18.2 Å². The predicted molar refractivity (Wildman–Crippen MR) is 73.9 cm³/mol. The van der Waals surface area contributed by atoms with Gasteiger partial charge in [-0.05, 0) is 32.2 Å².